The summed E-state index contributed by atoms with van der Waals surface area (Å²) in [5.41, 5.74) is 1.09. The summed E-state index contributed by atoms with van der Waals surface area (Å²) in [6, 6.07) is 3.00. The minimum absolute atomic E-state index is 0.366. The molecule has 0 aromatic carbocycles. The van der Waals surface area contributed by atoms with Crippen LogP contribution >= 0.6 is 0 Å². The number of hydrogen-bond donors (Lipinski definition) is 1. The van der Waals surface area contributed by atoms with E-state index in [0.717, 1.165) is 18.8 Å². The summed E-state index contributed by atoms with van der Waals surface area (Å²) in [5.74, 6) is 0. The van der Waals surface area contributed by atoms with Gasteiger partial charge in [0.2, 0.25) is 0 Å². The minimum atomic E-state index is 0.366. The Morgan fingerprint density at radius 3 is 2.86 bits per heavy atom. The molecule has 76 valence electrons. The van der Waals surface area contributed by atoms with Crippen LogP contribution in [0.15, 0.2) is 18.6 Å². The Bertz CT molecular complexity index is 283. The van der Waals surface area contributed by atoms with Gasteiger partial charge in [-0.05, 0) is 20.0 Å². The highest BCUT2D eigenvalue weighted by Gasteiger charge is 2.26. The standard InChI is InChI=1S/C10H16N4/c1-8(10-3-4-11-7-13-10)14(2)9-5-12-6-9/h3-4,7-9,12H,5-6H2,1-2H3. The van der Waals surface area contributed by atoms with E-state index in [9.17, 15) is 0 Å². The Morgan fingerprint density at radius 2 is 2.36 bits per heavy atom. The van der Waals surface area contributed by atoms with Crippen molar-refractivity contribution in [3.8, 4) is 0 Å². The van der Waals surface area contributed by atoms with Crippen molar-refractivity contribution in [2.45, 2.75) is 19.0 Å². The first-order valence-electron chi connectivity index (χ1n) is 4.97. The molecule has 1 saturated heterocycles. The van der Waals surface area contributed by atoms with Crippen molar-refractivity contribution < 1.29 is 0 Å². The van der Waals surface area contributed by atoms with Gasteiger partial charge in [0.25, 0.3) is 0 Å². The number of rotatable bonds is 3. The summed E-state index contributed by atoms with van der Waals surface area (Å²) < 4.78 is 0. The van der Waals surface area contributed by atoms with E-state index in [1.54, 1.807) is 12.5 Å². The van der Waals surface area contributed by atoms with Crippen LogP contribution in [0, 0.1) is 0 Å². The third-order valence-electron chi connectivity index (χ3n) is 2.98. The molecule has 2 heterocycles. The normalized spacial score (nSPS) is 19.4. The van der Waals surface area contributed by atoms with E-state index in [2.05, 4.69) is 34.2 Å². The van der Waals surface area contributed by atoms with Gasteiger partial charge in [-0.3, -0.25) is 4.90 Å². The van der Waals surface area contributed by atoms with Gasteiger partial charge < -0.3 is 5.32 Å². The van der Waals surface area contributed by atoms with Gasteiger partial charge in [0.1, 0.15) is 6.33 Å². The minimum Gasteiger partial charge on any atom is -0.314 e. The first-order chi connectivity index (χ1) is 6.79. The molecule has 1 aliphatic rings. The maximum Gasteiger partial charge on any atom is 0.115 e. The summed E-state index contributed by atoms with van der Waals surface area (Å²) in [6.07, 6.45) is 3.41. The Labute approximate surface area is 84.4 Å². The van der Waals surface area contributed by atoms with Gasteiger partial charge in [0.15, 0.2) is 0 Å². The van der Waals surface area contributed by atoms with Crippen LogP contribution < -0.4 is 5.32 Å². The van der Waals surface area contributed by atoms with Crippen LogP contribution in [0.3, 0.4) is 0 Å². The summed E-state index contributed by atoms with van der Waals surface area (Å²) >= 11 is 0. The average Bonchev–Trinajstić information content (AvgIpc) is 2.15. The molecule has 1 aromatic heterocycles. The zero-order valence-corrected chi connectivity index (χ0v) is 8.64. The molecule has 1 aliphatic heterocycles. The van der Waals surface area contributed by atoms with E-state index >= 15 is 0 Å². The van der Waals surface area contributed by atoms with E-state index in [0.29, 0.717) is 12.1 Å². The van der Waals surface area contributed by atoms with Crippen molar-refractivity contribution in [1.29, 1.82) is 0 Å². The molecule has 4 heteroatoms. The lowest BCUT2D eigenvalue weighted by Crippen LogP contribution is -2.56. The smallest absolute Gasteiger partial charge is 0.115 e. The maximum atomic E-state index is 4.27. The number of nitrogens with zero attached hydrogens (tertiary/aromatic N) is 3. The summed E-state index contributed by atoms with van der Waals surface area (Å²) in [7, 11) is 2.15. The topological polar surface area (TPSA) is 41.1 Å². The molecule has 0 saturated carbocycles. The van der Waals surface area contributed by atoms with Crippen LogP contribution in [0.2, 0.25) is 0 Å². The fraction of sp³-hybridized carbons (Fsp3) is 0.600. The lowest BCUT2D eigenvalue weighted by Gasteiger charge is -2.38. The third kappa shape index (κ3) is 1.76. The molecule has 1 unspecified atom stereocenters. The molecule has 1 N–H and O–H groups in total. The van der Waals surface area contributed by atoms with Gasteiger partial charge in [-0.1, -0.05) is 0 Å². The summed E-state index contributed by atoms with van der Waals surface area (Å²) in [6.45, 7) is 4.36. The number of hydrogen-bond acceptors (Lipinski definition) is 4. The van der Waals surface area contributed by atoms with E-state index in [4.69, 9.17) is 0 Å². The van der Waals surface area contributed by atoms with Gasteiger partial charge in [-0.15, -0.1) is 0 Å². The third-order valence-corrected chi connectivity index (χ3v) is 2.98. The van der Waals surface area contributed by atoms with Crippen molar-refractivity contribution in [2.75, 3.05) is 20.1 Å². The molecule has 0 bridgehead atoms. The summed E-state index contributed by atoms with van der Waals surface area (Å²) in [4.78, 5) is 10.6. The van der Waals surface area contributed by atoms with Crippen molar-refractivity contribution in [3.63, 3.8) is 0 Å². The molecule has 2 rings (SSSR count). The van der Waals surface area contributed by atoms with Gasteiger partial charge in [-0.2, -0.15) is 0 Å². The van der Waals surface area contributed by atoms with E-state index in [1.165, 1.54) is 0 Å². The zero-order chi connectivity index (χ0) is 9.97. The van der Waals surface area contributed by atoms with Gasteiger partial charge in [0.05, 0.1) is 5.69 Å². The van der Waals surface area contributed by atoms with Crippen molar-refractivity contribution in [1.82, 2.24) is 20.2 Å². The largest absolute Gasteiger partial charge is 0.314 e. The first-order valence-corrected chi connectivity index (χ1v) is 4.97. The highest BCUT2D eigenvalue weighted by atomic mass is 15.2. The van der Waals surface area contributed by atoms with Gasteiger partial charge in [0, 0.05) is 31.4 Å². The second-order valence-electron chi connectivity index (χ2n) is 3.79. The zero-order valence-electron chi connectivity index (χ0n) is 8.64. The van der Waals surface area contributed by atoms with Crippen LogP contribution in [0.5, 0.6) is 0 Å². The molecule has 0 radical (unpaired) electrons. The highest BCUT2D eigenvalue weighted by Crippen LogP contribution is 2.19. The van der Waals surface area contributed by atoms with Crippen molar-refractivity contribution in [3.05, 3.63) is 24.3 Å². The van der Waals surface area contributed by atoms with Gasteiger partial charge in [-0.25, -0.2) is 9.97 Å². The Balaban J connectivity index is 2.03. The van der Waals surface area contributed by atoms with Crippen LogP contribution in [0.1, 0.15) is 18.7 Å². The quantitative estimate of drug-likeness (QED) is 0.754. The van der Waals surface area contributed by atoms with Crippen molar-refractivity contribution >= 4 is 0 Å². The fourth-order valence-electron chi connectivity index (χ4n) is 1.63. The number of likely N-dealkylation sites (N-methyl/N-ethyl adjacent to an activating group) is 1. The van der Waals surface area contributed by atoms with Gasteiger partial charge >= 0.3 is 0 Å². The number of nitrogens with one attached hydrogen (secondary N) is 1. The average molecular weight is 192 g/mol. The van der Waals surface area contributed by atoms with Crippen molar-refractivity contribution in [2.24, 2.45) is 0 Å². The highest BCUT2D eigenvalue weighted by molar-refractivity contribution is 5.05. The maximum absolute atomic E-state index is 4.27. The second kappa shape index (κ2) is 4.02. The molecule has 4 nitrogen and oxygen atoms in total. The second-order valence-corrected chi connectivity index (χ2v) is 3.79. The Hall–Kier alpha value is -1.00. The van der Waals surface area contributed by atoms with Crippen LogP contribution in [0.4, 0.5) is 0 Å². The molecule has 0 amide bonds. The molecule has 1 fully saturated rings. The fourth-order valence-corrected chi connectivity index (χ4v) is 1.63. The first kappa shape index (κ1) is 9.55. The van der Waals surface area contributed by atoms with E-state index in [1.807, 2.05) is 6.07 Å². The lowest BCUT2D eigenvalue weighted by molar-refractivity contribution is 0.134. The van der Waals surface area contributed by atoms with E-state index in [-0.39, 0.29) is 0 Å². The Kier molecular flexibility index (Phi) is 2.74. The lowest BCUT2D eigenvalue weighted by atomic mass is 10.1. The van der Waals surface area contributed by atoms with Crippen LogP contribution in [-0.2, 0) is 0 Å². The summed E-state index contributed by atoms with van der Waals surface area (Å²) in [5, 5.41) is 3.27. The van der Waals surface area contributed by atoms with E-state index < -0.39 is 0 Å². The molecule has 1 aromatic rings. The molecular formula is C10H16N4. The monoisotopic (exact) mass is 192 g/mol. The Morgan fingerprint density at radius 1 is 1.57 bits per heavy atom. The predicted molar refractivity (Wildman–Crippen MR) is 54.9 cm³/mol. The van der Waals surface area contributed by atoms with Crippen LogP contribution in [0.25, 0.3) is 0 Å². The molecule has 14 heavy (non-hydrogen) atoms. The molecule has 0 spiro atoms. The van der Waals surface area contributed by atoms with Crippen LogP contribution in [-0.4, -0.2) is 41.0 Å². The molecule has 0 aliphatic carbocycles. The molecular weight excluding hydrogens is 176 g/mol. The number of aromatic nitrogens is 2. The SMILES string of the molecule is CC(c1ccncn1)N(C)C1CNC1. The predicted octanol–water partition coefficient (Wildman–Crippen LogP) is 0.441. The molecule has 1 atom stereocenters.